The normalized spacial score (nSPS) is 15.5. The Balaban J connectivity index is 1.63. The molecule has 1 saturated carbocycles. The number of hydrogen-bond donors (Lipinski definition) is 2. The highest BCUT2D eigenvalue weighted by atomic mass is 35.5. The molecular weight excluding hydrogens is 402 g/mol. The fourth-order valence-electron chi connectivity index (χ4n) is 3.85. The number of carboxylic acids is 1. The van der Waals surface area contributed by atoms with Gasteiger partial charge in [0.2, 0.25) is 0 Å². The Bertz CT molecular complexity index is 875. The monoisotopic (exact) mass is 429 g/mol. The summed E-state index contributed by atoms with van der Waals surface area (Å²) in [6.07, 6.45) is 6.29. The first-order chi connectivity index (χ1) is 14.4. The van der Waals surface area contributed by atoms with Gasteiger partial charge in [0.05, 0.1) is 18.2 Å². The highest BCUT2D eigenvalue weighted by Gasteiger charge is 2.18. The van der Waals surface area contributed by atoms with E-state index in [4.69, 9.17) is 21.4 Å². The van der Waals surface area contributed by atoms with Gasteiger partial charge in [-0.15, -0.1) is 0 Å². The van der Waals surface area contributed by atoms with Crippen LogP contribution in [0.2, 0.25) is 5.02 Å². The van der Waals surface area contributed by atoms with Crippen molar-refractivity contribution in [3.63, 3.8) is 0 Å². The summed E-state index contributed by atoms with van der Waals surface area (Å²) in [5, 5.41) is 12.5. The van der Waals surface area contributed by atoms with E-state index in [2.05, 4.69) is 5.32 Å². The Labute approximate surface area is 182 Å². The number of aromatic carboxylic acids is 1. The predicted molar refractivity (Wildman–Crippen MR) is 117 cm³/mol. The molecule has 1 amide bonds. The van der Waals surface area contributed by atoms with Crippen molar-refractivity contribution in [3.05, 3.63) is 69.7 Å². The van der Waals surface area contributed by atoms with E-state index in [0.717, 1.165) is 17.7 Å². The van der Waals surface area contributed by atoms with Gasteiger partial charge in [0, 0.05) is 17.2 Å². The van der Waals surface area contributed by atoms with E-state index in [9.17, 15) is 9.59 Å². The van der Waals surface area contributed by atoms with Gasteiger partial charge in [-0.1, -0.05) is 49.1 Å². The van der Waals surface area contributed by atoms with Gasteiger partial charge in [0.15, 0.2) is 0 Å². The number of ether oxygens (including phenoxy) is 1. The van der Waals surface area contributed by atoms with Crippen LogP contribution in [-0.4, -0.2) is 23.6 Å². The molecule has 6 heteroatoms. The van der Waals surface area contributed by atoms with Gasteiger partial charge in [0.1, 0.15) is 0 Å². The fraction of sp³-hybridized carbons (Fsp3) is 0.417. The number of halogens is 1. The Morgan fingerprint density at radius 2 is 1.83 bits per heavy atom. The van der Waals surface area contributed by atoms with Crippen molar-refractivity contribution in [2.45, 2.75) is 51.7 Å². The summed E-state index contributed by atoms with van der Waals surface area (Å²) in [6.45, 7) is 2.95. The first kappa shape index (κ1) is 22.3. The Kier molecular flexibility index (Phi) is 7.88. The molecule has 0 unspecified atom stereocenters. The minimum atomic E-state index is -0.977. The van der Waals surface area contributed by atoms with Gasteiger partial charge in [-0.05, 0) is 61.1 Å². The number of hydrogen-bond acceptors (Lipinski definition) is 3. The van der Waals surface area contributed by atoms with Gasteiger partial charge < -0.3 is 15.2 Å². The topological polar surface area (TPSA) is 75.6 Å². The number of carboxylic acid groups (broad SMARTS) is 1. The molecule has 1 aliphatic rings. The van der Waals surface area contributed by atoms with Crippen LogP contribution in [0.15, 0.2) is 42.5 Å². The van der Waals surface area contributed by atoms with Crippen LogP contribution in [0, 0.1) is 5.92 Å². The van der Waals surface area contributed by atoms with Crippen molar-refractivity contribution in [1.82, 2.24) is 5.32 Å². The predicted octanol–water partition coefficient (Wildman–Crippen LogP) is 5.63. The minimum Gasteiger partial charge on any atom is -0.478 e. The Morgan fingerprint density at radius 1 is 1.13 bits per heavy atom. The molecule has 1 fully saturated rings. The van der Waals surface area contributed by atoms with Crippen molar-refractivity contribution in [1.29, 1.82) is 0 Å². The summed E-state index contributed by atoms with van der Waals surface area (Å²) < 4.78 is 5.94. The van der Waals surface area contributed by atoms with Crippen LogP contribution >= 0.6 is 11.6 Å². The van der Waals surface area contributed by atoms with Crippen LogP contribution in [-0.2, 0) is 11.3 Å². The maximum Gasteiger partial charge on any atom is 0.335 e. The second-order valence-corrected chi connectivity index (χ2v) is 8.38. The molecule has 5 nitrogen and oxygen atoms in total. The minimum absolute atomic E-state index is 0.213. The lowest BCUT2D eigenvalue weighted by Gasteiger charge is -2.21. The van der Waals surface area contributed by atoms with Crippen molar-refractivity contribution < 1.29 is 19.4 Å². The standard InChI is InChI=1S/C24H28ClNO4/c1-16(18-7-9-19(10-8-18)24(28)29)26-23(27)22-13-21(25)12-11-20(22)15-30-14-17-5-3-2-4-6-17/h7-13,16-17H,2-6,14-15H2,1H3,(H,26,27)(H,28,29)/t16-/m0/s1. The quantitative estimate of drug-likeness (QED) is 0.570. The van der Waals surface area contributed by atoms with Gasteiger partial charge in [0.25, 0.3) is 5.91 Å². The average molecular weight is 430 g/mol. The molecular formula is C24H28ClNO4. The smallest absolute Gasteiger partial charge is 0.335 e. The second-order valence-electron chi connectivity index (χ2n) is 7.94. The van der Waals surface area contributed by atoms with Crippen molar-refractivity contribution >= 4 is 23.5 Å². The molecule has 2 aromatic rings. The van der Waals surface area contributed by atoms with Gasteiger partial charge >= 0.3 is 5.97 Å². The number of rotatable bonds is 8. The molecule has 0 spiro atoms. The van der Waals surface area contributed by atoms with Crippen LogP contribution < -0.4 is 5.32 Å². The third-order valence-electron chi connectivity index (χ3n) is 5.66. The van der Waals surface area contributed by atoms with Crippen molar-refractivity contribution in [2.75, 3.05) is 6.61 Å². The molecule has 1 atom stereocenters. The SMILES string of the molecule is C[C@H](NC(=O)c1cc(Cl)ccc1COCC1CCCCC1)c1ccc(C(=O)O)cc1. The zero-order valence-electron chi connectivity index (χ0n) is 17.2. The van der Waals surface area contributed by atoms with E-state index in [0.29, 0.717) is 23.1 Å². The first-order valence-electron chi connectivity index (χ1n) is 10.4. The van der Waals surface area contributed by atoms with Crippen LogP contribution in [0.3, 0.4) is 0 Å². The largest absolute Gasteiger partial charge is 0.478 e. The molecule has 0 aromatic heterocycles. The third kappa shape index (κ3) is 6.07. The van der Waals surface area contributed by atoms with E-state index >= 15 is 0 Å². The van der Waals surface area contributed by atoms with E-state index < -0.39 is 5.97 Å². The summed E-state index contributed by atoms with van der Waals surface area (Å²) in [5.41, 5.74) is 2.34. The van der Waals surface area contributed by atoms with E-state index in [-0.39, 0.29) is 17.5 Å². The van der Waals surface area contributed by atoms with Crippen LogP contribution in [0.5, 0.6) is 0 Å². The summed E-state index contributed by atoms with van der Waals surface area (Å²) in [6, 6.07) is 11.5. The summed E-state index contributed by atoms with van der Waals surface area (Å²) in [7, 11) is 0. The van der Waals surface area contributed by atoms with E-state index in [1.807, 2.05) is 13.0 Å². The maximum atomic E-state index is 12.9. The molecule has 0 bridgehead atoms. The van der Waals surface area contributed by atoms with Crippen LogP contribution in [0.4, 0.5) is 0 Å². The van der Waals surface area contributed by atoms with E-state index in [1.54, 1.807) is 24.3 Å². The molecule has 0 aliphatic heterocycles. The first-order valence-corrected chi connectivity index (χ1v) is 10.8. The Hall–Kier alpha value is -2.37. The summed E-state index contributed by atoms with van der Waals surface area (Å²) in [5.74, 6) is -0.601. The lowest BCUT2D eigenvalue weighted by atomic mass is 9.90. The lowest BCUT2D eigenvalue weighted by Crippen LogP contribution is -2.27. The number of carbonyl (C=O) groups is 2. The third-order valence-corrected chi connectivity index (χ3v) is 5.89. The molecule has 0 saturated heterocycles. The highest BCUT2D eigenvalue weighted by molar-refractivity contribution is 6.31. The Morgan fingerprint density at radius 3 is 2.50 bits per heavy atom. The zero-order valence-corrected chi connectivity index (χ0v) is 18.0. The summed E-state index contributed by atoms with van der Waals surface area (Å²) >= 11 is 6.14. The molecule has 2 aromatic carbocycles. The van der Waals surface area contributed by atoms with Gasteiger partial charge in [-0.3, -0.25) is 4.79 Å². The van der Waals surface area contributed by atoms with E-state index in [1.165, 1.54) is 44.2 Å². The van der Waals surface area contributed by atoms with Crippen LogP contribution in [0.25, 0.3) is 0 Å². The molecule has 1 aliphatic carbocycles. The fourth-order valence-corrected chi connectivity index (χ4v) is 4.02. The molecule has 2 N–H and O–H groups in total. The van der Waals surface area contributed by atoms with Crippen molar-refractivity contribution in [3.8, 4) is 0 Å². The number of benzene rings is 2. The number of amides is 1. The number of carbonyl (C=O) groups excluding carboxylic acids is 1. The molecule has 3 rings (SSSR count). The molecule has 0 heterocycles. The molecule has 0 radical (unpaired) electrons. The lowest BCUT2D eigenvalue weighted by molar-refractivity contribution is 0.0696. The zero-order chi connectivity index (χ0) is 21.5. The van der Waals surface area contributed by atoms with Gasteiger partial charge in [-0.2, -0.15) is 0 Å². The second kappa shape index (κ2) is 10.6. The molecule has 160 valence electrons. The maximum absolute atomic E-state index is 12.9. The highest BCUT2D eigenvalue weighted by Crippen LogP contribution is 2.25. The molecule has 30 heavy (non-hydrogen) atoms. The van der Waals surface area contributed by atoms with Gasteiger partial charge in [-0.25, -0.2) is 4.79 Å². The van der Waals surface area contributed by atoms with Crippen molar-refractivity contribution in [2.24, 2.45) is 5.92 Å². The average Bonchev–Trinajstić information content (AvgIpc) is 2.75. The number of nitrogens with one attached hydrogen (secondary N) is 1. The summed E-state index contributed by atoms with van der Waals surface area (Å²) in [4.78, 5) is 23.9. The van der Waals surface area contributed by atoms with Crippen LogP contribution in [0.1, 0.15) is 76.9 Å².